The van der Waals surface area contributed by atoms with Crippen LogP contribution in [0.3, 0.4) is 0 Å². The van der Waals surface area contributed by atoms with Crippen molar-refractivity contribution in [2.75, 3.05) is 0 Å². The van der Waals surface area contributed by atoms with Gasteiger partial charge in [-0.15, -0.1) is 0 Å². The number of para-hydroxylation sites is 1. The summed E-state index contributed by atoms with van der Waals surface area (Å²) >= 11 is 0. The van der Waals surface area contributed by atoms with E-state index in [1.165, 1.54) is 0 Å². The van der Waals surface area contributed by atoms with Crippen LogP contribution in [0.4, 0.5) is 0 Å². The Kier molecular flexibility index (Phi) is 5.23. The second kappa shape index (κ2) is 8.48. The number of hydrogen-bond acceptors (Lipinski definition) is 3. The fourth-order valence-corrected chi connectivity index (χ4v) is 3.96. The molecule has 5 nitrogen and oxygen atoms in total. The molecule has 1 aliphatic rings. The Hall–Kier alpha value is -3.86. The Morgan fingerprint density at radius 1 is 0.871 bits per heavy atom. The first-order valence-electron chi connectivity index (χ1n) is 10.4. The van der Waals surface area contributed by atoms with Gasteiger partial charge in [0.1, 0.15) is 12.4 Å². The van der Waals surface area contributed by atoms with E-state index in [0.717, 1.165) is 39.4 Å². The molecule has 2 heterocycles. The molecule has 0 aliphatic carbocycles. The van der Waals surface area contributed by atoms with Crippen LogP contribution in [0.5, 0.6) is 5.75 Å². The summed E-state index contributed by atoms with van der Waals surface area (Å²) in [5.74, 6) is 0.876. The van der Waals surface area contributed by atoms with Gasteiger partial charge in [0.25, 0.3) is 0 Å². The first kappa shape index (κ1) is 19.1. The monoisotopic (exact) mass is 409 g/mol. The van der Waals surface area contributed by atoms with Crippen LogP contribution >= 0.6 is 0 Å². The predicted molar refractivity (Wildman–Crippen MR) is 119 cm³/mol. The summed E-state index contributed by atoms with van der Waals surface area (Å²) < 4.78 is 6.12. The molecule has 0 saturated heterocycles. The van der Waals surface area contributed by atoms with Gasteiger partial charge in [0.2, 0.25) is 5.91 Å². The molecule has 0 unspecified atom stereocenters. The van der Waals surface area contributed by atoms with E-state index in [1.54, 1.807) is 0 Å². The molecule has 3 aromatic carbocycles. The Balaban J connectivity index is 1.38. The summed E-state index contributed by atoms with van der Waals surface area (Å²) in [5.41, 5.74) is 5.88. The van der Waals surface area contributed by atoms with Crippen LogP contribution in [0.1, 0.15) is 22.4 Å². The maximum Gasteiger partial charge on any atom is 0.227 e. The SMILES string of the molecule is O=C1Cc2c(-c3ccccc3OCc3ccccc3)n[nH]c2CN1Cc1ccccc1. The summed E-state index contributed by atoms with van der Waals surface area (Å²) in [5, 5.41) is 7.74. The van der Waals surface area contributed by atoms with Crippen LogP contribution in [-0.2, 0) is 30.9 Å². The smallest absolute Gasteiger partial charge is 0.227 e. The number of benzene rings is 3. The highest BCUT2D eigenvalue weighted by atomic mass is 16.5. The first-order chi connectivity index (χ1) is 15.3. The number of rotatable bonds is 6. The van der Waals surface area contributed by atoms with Crippen molar-refractivity contribution < 1.29 is 9.53 Å². The summed E-state index contributed by atoms with van der Waals surface area (Å²) in [6.07, 6.45) is 0.334. The van der Waals surface area contributed by atoms with Crippen LogP contribution in [0.2, 0.25) is 0 Å². The van der Waals surface area contributed by atoms with E-state index in [1.807, 2.05) is 89.8 Å². The van der Waals surface area contributed by atoms with Gasteiger partial charge in [0.15, 0.2) is 0 Å². The molecule has 1 N–H and O–H groups in total. The summed E-state index contributed by atoms with van der Waals surface area (Å²) in [4.78, 5) is 14.8. The average Bonchev–Trinajstić information content (AvgIpc) is 3.22. The molecule has 0 radical (unpaired) electrons. The number of nitrogens with zero attached hydrogens (tertiary/aromatic N) is 2. The normalized spacial score (nSPS) is 13.2. The number of nitrogens with one attached hydrogen (secondary N) is 1. The van der Waals surface area contributed by atoms with Gasteiger partial charge in [-0.3, -0.25) is 9.89 Å². The zero-order valence-corrected chi connectivity index (χ0v) is 17.1. The number of carbonyl (C=O) groups excluding carboxylic acids is 1. The van der Waals surface area contributed by atoms with Crippen LogP contribution in [0.25, 0.3) is 11.3 Å². The van der Waals surface area contributed by atoms with Crippen molar-refractivity contribution in [2.45, 2.75) is 26.1 Å². The second-order valence-electron chi connectivity index (χ2n) is 7.71. The Bertz CT molecular complexity index is 1190. The lowest BCUT2D eigenvalue weighted by atomic mass is 9.98. The standard InChI is InChI=1S/C26H23N3O2/c30-25-15-22-23(17-29(25)16-19-9-3-1-4-10-19)27-28-26(22)21-13-7-8-14-24(21)31-18-20-11-5-2-6-12-20/h1-14H,15-18H2,(H,27,28). The zero-order valence-electron chi connectivity index (χ0n) is 17.1. The van der Waals surface area contributed by atoms with E-state index < -0.39 is 0 Å². The van der Waals surface area contributed by atoms with Gasteiger partial charge in [-0.05, 0) is 23.3 Å². The molecule has 0 fully saturated rings. The maximum atomic E-state index is 12.9. The Labute approximate surface area is 181 Å². The topological polar surface area (TPSA) is 58.2 Å². The van der Waals surface area contributed by atoms with Gasteiger partial charge >= 0.3 is 0 Å². The van der Waals surface area contributed by atoms with Crippen LogP contribution in [0.15, 0.2) is 84.9 Å². The van der Waals surface area contributed by atoms with Gasteiger partial charge in [0, 0.05) is 17.7 Å². The molecule has 1 aromatic heterocycles. The number of hydrogen-bond donors (Lipinski definition) is 1. The summed E-state index contributed by atoms with van der Waals surface area (Å²) in [6, 6.07) is 28.0. The lowest BCUT2D eigenvalue weighted by molar-refractivity contribution is -0.132. The van der Waals surface area contributed by atoms with Crippen molar-refractivity contribution in [3.63, 3.8) is 0 Å². The molecule has 5 rings (SSSR count). The van der Waals surface area contributed by atoms with Crippen molar-refractivity contribution in [2.24, 2.45) is 0 Å². The van der Waals surface area contributed by atoms with Gasteiger partial charge in [-0.1, -0.05) is 72.8 Å². The highest BCUT2D eigenvalue weighted by Crippen LogP contribution is 2.35. The van der Waals surface area contributed by atoms with Gasteiger partial charge in [0.05, 0.1) is 24.4 Å². The van der Waals surface area contributed by atoms with Crippen molar-refractivity contribution in [3.05, 3.63) is 107 Å². The van der Waals surface area contributed by atoms with Crippen molar-refractivity contribution >= 4 is 5.91 Å². The highest BCUT2D eigenvalue weighted by Gasteiger charge is 2.28. The first-order valence-corrected chi connectivity index (χ1v) is 10.4. The fraction of sp³-hybridized carbons (Fsp3) is 0.154. The molecule has 154 valence electrons. The molecule has 1 aliphatic heterocycles. The molecule has 0 saturated carbocycles. The molecule has 5 heteroatoms. The number of carbonyl (C=O) groups is 1. The number of amides is 1. The van der Waals surface area contributed by atoms with E-state index >= 15 is 0 Å². The van der Waals surface area contributed by atoms with Crippen LogP contribution in [-0.4, -0.2) is 21.0 Å². The minimum atomic E-state index is 0.113. The molecule has 31 heavy (non-hydrogen) atoms. The number of aromatic amines is 1. The highest BCUT2D eigenvalue weighted by molar-refractivity contribution is 5.84. The van der Waals surface area contributed by atoms with E-state index in [4.69, 9.17) is 4.74 Å². The van der Waals surface area contributed by atoms with E-state index in [0.29, 0.717) is 26.1 Å². The maximum absolute atomic E-state index is 12.9. The summed E-state index contributed by atoms with van der Waals surface area (Å²) in [7, 11) is 0. The van der Waals surface area contributed by atoms with Crippen molar-refractivity contribution in [1.82, 2.24) is 15.1 Å². The van der Waals surface area contributed by atoms with Crippen LogP contribution < -0.4 is 4.74 Å². The molecule has 0 bridgehead atoms. The Morgan fingerprint density at radius 3 is 2.32 bits per heavy atom. The van der Waals surface area contributed by atoms with Crippen molar-refractivity contribution in [3.8, 4) is 17.0 Å². The van der Waals surface area contributed by atoms with Crippen molar-refractivity contribution in [1.29, 1.82) is 0 Å². The lowest BCUT2D eigenvalue weighted by Crippen LogP contribution is -2.35. The second-order valence-corrected chi connectivity index (χ2v) is 7.71. The molecule has 0 atom stereocenters. The molecular formula is C26H23N3O2. The minimum absolute atomic E-state index is 0.113. The number of H-pyrrole nitrogens is 1. The quantitative estimate of drug-likeness (QED) is 0.500. The lowest BCUT2D eigenvalue weighted by Gasteiger charge is -2.27. The number of fused-ring (bicyclic) bond motifs is 1. The largest absolute Gasteiger partial charge is 0.488 e. The molecular weight excluding hydrogens is 386 g/mol. The summed E-state index contributed by atoms with van der Waals surface area (Å²) in [6.45, 7) is 1.61. The number of aromatic nitrogens is 2. The average molecular weight is 409 g/mol. The van der Waals surface area contributed by atoms with Gasteiger partial charge in [-0.2, -0.15) is 5.10 Å². The predicted octanol–water partition coefficient (Wildman–Crippen LogP) is 4.74. The van der Waals surface area contributed by atoms with E-state index in [2.05, 4.69) is 10.2 Å². The van der Waals surface area contributed by atoms with Gasteiger partial charge < -0.3 is 9.64 Å². The van der Waals surface area contributed by atoms with Gasteiger partial charge in [-0.25, -0.2) is 0 Å². The minimum Gasteiger partial charge on any atom is -0.488 e. The fourth-order valence-electron chi connectivity index (χ4n) is 3.96. The Morgan fingerprint density at radius 2 is 1.55 bits per heavy atom. The molecule has 1 amide bonds. The zero-order chi connectivity index (χ0) is 21.0. The van der Waals surface area contributed by atoms with E-state index in [-0.39, 0.29) is 5.91 Å². The van der Waals surface area contributed by atoms with E-state index in [9.17, 15) is 4.79 Å². The third-order valence-electron chi connectivity index (χ3n) is 5.58. The molecule has 4 aromatic rings. The molecule has 0 spiro atoms. The third kappa shape index (κ3) is 4.08. The number of ether oxygens (including phenoxy) is 1. The van der Waals surface area contributed by atoms with Crippen LogP contribution in [0, 0.1) is 0 Å². The third-order valence-corrected chi connectivity index (χ3v) is 5.58.